The van der Waals surface area contributed by atoms with Gasteiger partial charge < -0.3 is 10.6 Å². The van der Waals surface area contributed by atoms with Crippen molar-refractivity contribution in [1.29, 1.82) is 0 Å². The molecule has 0 spiro atoms. The molecule has 3 rings (SSSR count). The van der Waals surface area contributed by atoms with Crippen molar-refractivity contribution in [3.05, 3.63) is 35.9 Å². The number of rotatable bonds is 4. The first-order valence-corrected chi connectivity index (χ1v) is 7.63. The molecule has 0 radical (unpaired) electrons. The predicted octanol–water partition coefficient (Wildman–Crippen LogP) is 1.60. The lowest BCUT2D eigenvalue weighted by Gasteiger charge is -2.27. The van der Waals surface area contributed by atoms with Crippen LogP contribution in [0.4, 0.5) is 0 Å². The van der Waals surface area contributed by atoms with E-state index in [0.29, 0.717) is 12.1 Å². The third kappa shape index (κ3) is 3.78. The number of likely N-dealkylation sites (tertiary alicyclic amines) is 1. The van der Waals surface area contributed by atoms with Gasteiger partial charge in [-0.05, 0) is 31.4 Å². The molecule has 1 aromatic rings. The fourth-order valence-corrected chi connectivity index (χ4v) is 3.28. The predicted molar refractivity (Wildman–Crippen MR) is 79.2 cm³/mol. The monoisotopic (exact) mass is 259 g/mol. The summed E-state index contributed by atoms with van der Waals surface area (Å²) in [6.45, 7) is 5.87. The second kappa shape index (κ2) is 6.51. The van der Waals surface area contributed by atoms with Gasteiger partial charge in [-0.2, -0.15) is 0 Å². The normalized spacial score (nSPS) is 28.6. The maximum absolute atomic E-state index is 3.83. The third-order valence-electron chi connectivity index (χ3n) is 4.29. The molecule has 2 atom stereocenters. The number of hydrogen-bond acceptors (Lipinski definition) is 3. The van der Waals surface area contributed by atoms with Gasteiger partial charge >= 0.3 is 0 Å². The quantitative estimate of drug-likeness (QED) is 0.860. The molecule has 2 saturated heterocycles. The summed E-state index contributed by atoms with van der Waals surface area (Å²) in [5.41, 5.74) is 1.43. The topological polar surface area (TPSA) is 27.3 Å². The summed E-state index contributed by atoms with van der Waals surface area (Å²) in [7, 11) is 0. The van der Waals surface area contributed by atoms with E-state index in [4.69, 9.17) is 0 Å². The maximum Gasteiger partial charge on any atom is 0.0234 e. The van der Waals surface area contributed by atoms with Gasteiger partial charge in [0.15, 0.2) is 0 Å². The van der Waals surface area contributed by atoms with E-state index in [2.05, 4.69) is 45.9 Å². The molecule has 2 aliphatic rings. The summed E-state index contributed by atoms with van der Waals surface area (Å²) < 4.78 is 0. The molecular formula is C16H25N3. The van der Waals surface area contributed by atoms with Gasteiger partial charge in [0.2, 0.25) is 0 Å². The first-order valence-electron chi connectivity index (χ1n) is 7.63. The van der Waals surface area contributed by atoms with Crippen LogP contribution in [0.2, 0.25) is 0 Å². The van der Waals surface area contributed by atoms with Gasteiger partial charge in [-0.3, -0.25) is 4.90 Å². The fraction of sp³-hybridized carbons (Fsp3) is 0.625. The number of piperidine rings is 1. The van der Waals surface area contributed by atoms with Crippen LogP contribution in [0, 0.1) is 0 Å². The first kappa shape index (κ1) is 13.1. The van der Waals surface area contributed by atoms with Crippen LogP contribution in [0.5, 0.6) is 0 Å². The SMILES string of the molecule is c1ccc(CN2CCC(NC3CCCNC3)C2)cc1. The van der Waals surface area contributed by atoms with Crippen molar-refractivity contribution in [2.75, 3.05) is 26.2 Å². The van der Waals surface area contributed by atoms with Gasteiger partial charge in [-0.1, -0.05) is 30.3 Å². The molecule has 3 nitrogen and oxygen atoms in total. The molecule has 0 bridgehead atoms. The average Bonchev–Trinajstić information content (AvgIpc) is 2.88. The van der Waals surface area contributed by atoms with E-state index in [-0.39, 0.29) is 0 Å². The van der Waals surface area contributed by atoms with Gasteiger partial charge in [-0.15, -0.1) is 0 Å². The zero-order chi connectivity index (χ0) is 12.9. The van der Waals surface area contributed by atoms with E-state index < -0.39 is 0 Å². The van der Waals surface area contributed by atoms with Crippen molar-refractivity contribution in [2.45, 2.75) is 37.9 Å². The van der Waals surface area contributed by atoms with Crippen molar-refractivity contribution in [3.8, 4) is 0 Å². The standard InChI is InChI=1S/C16H25N3/c1-2-5-14(6-3-1)12-19-10-8-16(13-19)18-15-7-4-9-17-11-15/h1-3,5-6,15-18H,4,7-13H2. The Labute approximate surface area is 116 Å². The number of nitrogens with one attached hydrogen (secondary N) is 2. The minimum absolute atomic E-state index is 0.689. The molecule has 2 fully saturated rings. The smallest absolute Gasteiger partial charge is 0.0234 e. The molecule has 2 heterocycles. The number of nitrogens with zero attached hydrogens (tertiary/aromatic N) is 1. The number of benzene rings is 1. The van der Waals surface area contributed by atoms with Crippen LogP contribution < -0.4 is 10.6 Å². The second-order valence-corrected chi connectivity index (χ2v) is 5.92. The minimum Gasteiger partial charge on any atom is -0.315 e. The zero-order valence-electron chi connectivity index (χ0n) is 11.6. The maximum atomic E-state index is 3.83. The molecule has 2 unspecified atom stereocenters. The molecule has 0 aromatic heterocycles. The Kier molecular flexibility index (Phi) is 4.49. The summed E-state index contributed by atoms with van der Waals surface area (Å²) in [6, 6.07) is 12.2. The van der Waals surface area contributed by atoms with E-state index in [9.17, 15) is 0 Å². The summed E-state index contributed by atoms with van der Waals surface area (Å²) in [4.78, 5) is 2.57. The highest BCUT2D eigenvalue weighted by Crippen LogP contribution is 2.15. The second-order valence-electron chi connectivity index (χ2n) is 5.92. The molecule has 104 valence electrons. The lowest BCUT2D eigenvalue weighted by Crippen LogP contribution is -2.48. The van der Waals surface area contributed by atoms with Crippen molar-refractivity contribution in [3.63, 3.8) is 0 Å². The van der Waals surface area contributed by atoms with Gasteiger partial charge in [0.25, 0.3) is 0 Å². The highest BCUT2D eigenvalue weighted by Gasteiger charge is 2.25. The van der Waals surface area contributed by atoms with E-state index >= 15 is 0 Å². The Morgan fingerprint density at radius 2 is 2.05 bits per heavy atom. The molecule has 0 amide bonds. The van der Waals surface area contributed by atoms with Gasteiger partial charge in [0.1, 0.15) is 0 Å². The van der Waals surface area contributed by atoms with E-state index in [1.807, 2.05) is 0 Å². The lowest BCUT2D eigenvalue weighted by atomic mass is 10.1. The molecule has 2 N–H and O–H groups in total. The van der Waals surface area contributed by atoms with Crippen LogP contribution in [0.15, 0.2) is 30.3 Å². The molecule has 1 aromatic carbocycles. The summed E-state index contributed by atoms with van der Waals surface area (Å²) >= 11 is 0. The van der Waals surface area contributed by atoms with Crippen LogP contribution >= 0.6 is 0 Å². The third-order valence-corrected chi connectivity index (χ3v) is 4.29. The zero-order valence-corrected chi connectivity index (χ0v) is 11.6. The van der Waals surface area contributed by atoms with Crippen molar-refractivity contribution in [2.24, 2.45) is 0 Å². The molecule has 2 aliphatic heterocycles. The summed E-state index contributed by atoms with van der Waals surface area (Å²) in [5.74, 6) is 0. The molecule has 3 heteroatoms. The Morgan fingerprint density at radius 3 is 2.84 bits per heavy atom. The van der Waals surface area contributed by atoms with Gasteiger partial charge in [0.05, 0.1) is 0 Å². The fourth-order valence-electron chi connectivity index (χ4n) is 3.28. The Morgan fingerprint density at radius 1 is 1.16 bits per heavy atom. The average molecular weight is 259 g/mol. The Balaban J connectivity index is 1.44. The van der Waals surface area contributed by atoms with E-state index in [1.165, 1.54) is 44.5 Å². The van der Waals surface area contributed by atoms with Crippen molar-refractivity contribution in [1.82, 2.24) is 15.5 Å². The van der Waals surface area contributed by atoms with Crippen molar-refractivity contribution < 1.29 is 0 Å². The van der Waals surface area contributed by atoms with Crippen molar-refractivity contribution >= 4 is 0 Å². The molecular weight excluding hydrogens is 234 g/mol. The van der Waals surface area contributed by atoms with Crippen LogP contribution in [-0.2, 0) is 6.54 Å². The van der Waals surface area contributed by atoms with Crippen LogP contribution in [0.1, 0.15) is 24.8 Å². The summed E-state index contributed by atoms with van der Waals surface area (Å²) in [6.07, 6.45) is 3.95. The van der Waals surface area contributed by atoms with Crippen LogP contribution in [0.25, 0.3) is 0 Å². The molecule has 19 heavy (non-hydrogen) atoms. The molecule has 0 saturated carbocycles. The Hall–Kier alpha value is -0.900. The van der Waals surface area contributed by atoms with E-state index in [1.54, 1.807) is 0 Å². The first-order chi connectivity index (χ1) is 9.40. The lowest BCUT2D eigenvalue weighted by molar-refractivity contribution is 0.303. The number of hydrogen-bond donors (Lipinski definition) is 2. The highest BCUT2D eigenvalue weighted by atomic mass is 15.2. The van der Waals surface area contributed by atoms with E-state index in [0.717, 1.165) is 13.1 Å². The highest BCUT2D eigenvalue weighted by molar-refractivity contribution is 5.14. The van der Waals surface area contributed by atoms with Crippen LogP contribution in [0.3, 0.4) is 0 Å². The summed E-state index contributed by atoms with van der Waals surface area (Å²) in [5, 5.41) is 7.31. The van der Waals surface area contributed by atoms with Gasteiger partial charge in [0, 0.05) is 38.3 Å². The minimum atomic E-state index is 0.689. The Bertz CT molecular complexity index is 373. The molecule has 0 aliphatic carbocycles. The van der Waals surface area contributed by atoms with Crippen LogP contribution in [-0.4, -0.2) is 43.2 Å². The largest absolute Gasteiger partial charge is 0.315 e. The van der Waals surface area contributed by atoms with Gasteiger partial charge in [-0.25, -0.2) is 0 Å².